The van der Waals surface area contributed by atoms with Crippen LogP contribution in [0.25, 0.3) is 0 Å². The SMILES string of the molecule is Cc1cc(N2CC(NC(=O)c3ccc(Br)s3)CC2=O)ccc1C(=O)N1CCC[C@H]1C(N)=O. The highest BCUT2D eigenvalue weighted by Crippen LogP contribution is 2.28. The highest BCUT2D eigenvalue weighted by molar-refractivity contribution is 9.11. The van der Waals surface area contributed by atoms with Gasteiger partial charge in [-0.05, 0) is 71.6 Å². The summed E-state index contributed by atoms with van der Waals surface area (Å²) in [6.07, 6.45) is 1.54. The van der Waals surface area contributed by atoms with Crippen molar-refractivity contribution in [3.63, 3.8) is 0 Å². The predicted octanol–water partition coefficient (Wildman–Crippen LogP) is 2.44. The molecule has 168 valence electrons. The summed E-state index contributed by atoms with van der Waals surface area (Å²) in [5.41, 5.74) is 7.32. The molecule has 0 radical (unpaired) electrons. The fraction of sp³-hybridized carbons (Fsp3) is 0.364. The van der Waals surface area contributed by atoms with Gasteiger partial charge in [0, 0.05) is 30.8 Å². The fourth-order valence-corrected chi connectivity index (χ4v) is 5.55. The summed E-state index contributed by atoms with van der Waals surface area (Å²) < 4.78 is 0.868. The van der Waals surface area contributed by atoms with Crippen molar-refractivity contribution in [2.45, 2.75) is 38.3 Å². The number of hydrogen-bond donors (Lipinski definition) is 2. The average Bonchev–Trinajstić information content (AvgIpc) is 3.47. The van der Waals surface area contributed by atoms with Gasteiger partial charge in [-0.15, -0.1) is 11.3 Å². The second kappa shape index (κ2) is 9.03. The molecule has 3 heterocycles. The van der Waals surface area contributed by atoms with Crippen molar-refractivity contribution < 1.29 is 19.2 Å². The van der Waals surface area contributed by atoms with Gasteiger partial charge in [-0.3, -0.25) is 19.2 Å². The number of nitrogens with one attached hydrogen (secondary N) is 1. The molecule has 4 rings (SSSR count). The molecular weight excluding hydrogens is 496 g/mol. The van der Waals surface area contributed by atoms with Crippen LogP contribution in [0.4, 0.5) is 5.69 Å². The first-order valence-corrected chi connectivity index (χ1v) is 11.9. The van der Waals surface area contributed by atoms with Crippen molar-refractivity contribution in [1.29, 1.82) is 0 Å². The number of halogens is 1. The third-order valence-corrected chi connectivity index (χ3v) is 7.47. The summed E-state index contributed by atoms with van der Waals surface area (Å²) in [4.78, 5) is 53.4. The molecular formula is C22H23BrN4O4S. The third-order valence-electron chi connectivity index (χ3n) is 5.85. The van der Waals surface area contributed by atoms with Gasteiger partial charge in [0.05, 0.1) is 14.7 Å². The number of carbonyl (C=O) groups excluding carboxylic acids is 4. The van der Waals surface area contributed by atoms with Gasteiger partial charge in [0.15, 0.2) is 0 Å². The van der Waals surface area contributed by atoms with Gasteiger partial charge in [0.1, 0.15) is 6.04 Å². The summed E-state index contributed by atoms with van der Waals surface area (Å²) in [6.45, 7) is 2.67. The molecule has 2 saturated heterocycles. The molecule has 2 aromatic rings. The summed E-state index contributed by atoms with van der Waals surface area (Å²) in [6, 6.07) is 7.89. The molecule has 1 aromatic heterocycles. The van der Waals surface area contributed by atoms with E-state index in [9.17, 15) is 19.2 Å². The van der Waals surface area contributed by atoms with Crippen molar-refractivity contribution >= 4 is 56.6 Å². The van der Waals surface area contributed by atoms with Crippen LogP contribution in [0.3, 0.4) is 0 Å². The average molecular weight is 519 g/mol. The summed E-state index contributed by atoms with van der Waals surface area (Å²) in [5, 5.41) is 2.92. The van der Waals surface area contributed by atoms with E-state index in [2.05, 4.69) is 21.2 Å². The smallest absolute Gasteiger partial charge is 0.261 e. The van der Waals surface area contributed by atoms with Crippen molar-refractivity contribution in [1.82, 2.24) is 10.2 Å². The van der Waals surface area contributed by atoms with Gasteiger partial charge in [0.25, 0.3) is 11.8 Å². The van der Waals surface area contributed by atoms with Gasteiger partial charge in [0.2, 0.25) is 11.8 Å². The van der Waals surface area contributed by atoms with Crippen LogP contribution >= 0.6 is 27.3 Å². The first-order valence-electron chi connectivity index (χ1n) is 10.3. The number of hydrogen-bond acceptors (Lipinski definition) is 5. The molecule has 1 aromatic carbocycles. The van der Waals surface area contributed by atoms with Crippen LogP contribution in [0.15, 0.2) is 34.1 Å². The molecule has 32 heavy (non-hydrogen) atoms. The number of aryl methyl sites for hydroxylation is 1. The van der Waals surface area contributed by atoms with Crippen LogP contribution in [0.5, 0.6) is 0 Å². The number of benzene rings is 1. The Bertz CT molecular complexity index is 1100. The Morgan fingerprint density at radius 1 is 1.22 bits per heavy atom. The standard InChI is InChI=1S/C22H23BrN4O4S/c1-12-9-14(4-5-15(12)22(31)26-8-2-3-16(26)20(24)29)27-11-13(10-19(27)28)25-21(30)17-6-7-18(23)32-17/h4-7,9,13,16H,2-3,8,10-11H2,1H3,(H2,24,29)(H,25,30)/t13?,16-/m0/s1. The van der Waals surface area contributed by atoms with E-state index in [4.69, 9.17) is 5.73 Å². The lowest BCUT2D eigenvalue weighted by atomic mass is 10.1. The summed E-state index contributed by atoms with van der Waals surface area (Å²) >= 11 is 4.68. The van der Waals surface area contributed by atoms with Gasteiger partial charge >= 0.3 is 0 Å². The Labute approximate surface area is 197 Å². The van der Waals surface area contributed by atoms with E-state index in [-0.39, 0.29) is 30.2 Å². The normalized spacial score (nSPS) is 20.6. The minimum Gasteiger partial charge on any atom is -0.368 e. The van der Waals surface area contributed by atoms with Gasteiger partial charge in [-0.1, -0.05) is 0 Å². The Hall–Kier alpha value is -2.72. The van der Waals surface area contributed by atoms with E-state index in [1.54, 1.807) is 36.1 Å². The zero-order valence-corrected chi connectivity index (χ0v) is 19.9. The van der Waals surface area contributed by atoms with Gasteiger partial charge in [-0.25, -0.2) is 0 Å². The van der Waals surface area contributed by atoms with Crippen LogP contribution in [-0.2, 0) is 9.59 Å². The zero-order valence-electron chi connectivity index (χ0n) is 17.5. The maximum Gasteiger partial charge on any atom is 0.261 e. The lowest BCUT2D eigenvalue weighted by Gasteiger charge is -2.24. The molecule has 3 N–H and O–H groups in total. The Balaban J connectivity index is 1.45. The second-order valence-corrected chi connectivity index (χ2v) is 10.5. The minimum absolute atomic E-state index is 0.0885. The van der Waals surface area contributed by atoms with E-state index in [1.165, 1.54) is 16.2 Å². The van der Waals surface area contributed by atoms with Crippen LogP contribution in [0.1, 0.15) is 44.9 Å². The van der Waals surface area contributed by atoms with Crippen molar-refractivity contribution in [3.05, 3.63) is 50.1 Å². The molecule has 0 saturated carbocycles. The quantitative estimate of drug-likeness (QED) is 0.632. The summed E-state index contributed by atoms with van der Waals surface area (Å²) in [7, 11) is 0. The van der Waals surface area contributed by atoms with E-state index in [1.807, 2.05) is 6.07 Å². The first-order chi connectivity index (χ1) is 15.2. The molecule has 2 aliphatic heterocycles. The molecule has 2 fully saturated rings. The van der Waals surface area contributed by atoms with Gasteiger partial charge < -0.3 is 20.9 Å². The number of likely N-dealkylation sites (tertiary alicyclic amines) is 1. The third kappa shape index (κ3) is 4.42. The van der Waals surface area contributed by atoms with E-state index in [0.717, 1.165) is 10.2 Å². The number of nitrogens with zero attached hydrogens (tertiary/aromatic N) is 2. The number of nitrogens with two attached hydrogens (primary N) is 1. The number of anilines is 1. The molecule has 4 amide bonds. The number of thiophene rings is 1. The molecule has 0 aliphatic carbocycles. The number of primary amides is 1. The lowest BCUT2D eigenvalue weighted by molar-refractivity contribution is -0.121. The number of carbonyl (C=O) groups is 4. The highest BCUT2D eigenvalue weighted by Gasteiger charge is 2.35. The van der Waals surface area contributed by atoms with Gasteiger partial charge in [-0.2, -0.15) is 0 Å². The fourth-order valence-electron chi connectivity index (χ4n) is 4.26. The summed E-state index contributed by atoms with van der Waals surface area (Å²) in [5.74, 6) is -1.01. The Kier molecular flexibility index (Phi) is 6.34. The van der Waals surface area contributed by atoms with E-state index >= 15 is 0 Å². The van der Waals surface area contributed by atoms with E-state index in [0.29, 0.717) is 41.2 Å². The molecule has 0 spiro atoms. The zero-order chi connectivity index (χ0) is 23.0. The molecule has 2 aliphatic rings. The monoisotopic (exact) mass is 518 g/mol. The van der Waals surface area contributed by atoms with Crippen molar-refractivity contribution in [3.8, 4) is 0 Å². The van der Waals surface area contributed by atoms with E-state index < -0.39 is 11.9 Å². The Morgan fingerprint density at radius 2 is 2.00 bits per heavy atom. The maximum absolute atomic E-state index is 13.0. The van der Waals surface area contributed by atoms with Crippen LogP contribution in [0, 0.1) is 6.92 Å². The maximum atomic E-state index is 13.0. The van der Waals surface area contributed by atoms with Crippen LogP contribution in [0.2, 0.25) is 0 Å². The molecule has 10 heteroatoms. The molecule has 2 atom stereocenters. The minimum atomic E-state index is -0.574. The predicted molar refractivity (Wildman–Crippen MR) is 125 cm³/mol. The largest absolute Gasteiger partial charge is 0.368 e. The highest BCUT2D eigenvalue weighted by atomic mass is 79.9. The number of rotatable bonds is 5. The van der Waals surface area contributed by atoms with Crippen LogP contribution in [-0.4, -0.2) is 53.7 Å². The van der Waals surface area contributed by atoms with Crippen LogP contribution < -0.4 is 16.0 Å². The molecule has 1 unspecified atom stereocenters. The van der Waals surface area contributed by atoms with Crippen molar-refractivity contribution in [2.75, 3.05) is 18.0 Å². The number of amides is 4. The second-order valence-electron chi connectivity index (χ2n) is 8.04. The topological polar surface area (TPSA) is 113 Å². The molecule has 0 bridgehead atoms. The first kappa shape index (κ1) is 22.5. The lowest BCUT2D eigenvalue weighted by Crippen LogP contribution is -2.43. The Morgan fingerprint density at radius 3 is 2.66 bits per heavy atom. The van der Waals surface area contributed by atoms with Crippen molar-refractivity contribution in [2.24, 2.45) is 5.73 Å². The molecule has 8 nitrogen and oxygen atoms in total.